The number of rotatable bonds is 5. The fraction of sp³-hybridized carbons (Fsp3) is 0.615. The van der Waals surface area contributed by atoms with E-state index in [-0.39, 0.29) is 5.69 Å². The maximum absolute atomic E-state index is 10.7. The van der Waals surface area contributed by atoms with Gasteiger partial charge >= 0.3 is 0 Å². The number of pyridine rings is 1. The van der Waals surface area contributed by atoms with Gasteiger partial charge in [0.1, 0.15) is 11.5 Å². The Kier molecular flexibility index (Phi) is 4.68. The van der Waals surface area contributed by atoms with Gasteiger partial charge in [0, 0.05) is 12.6 Å². The number of hydrogen-bond acceptors (Lipinski definition) is 5. The molecule has 1 unspecified atom stereocenters. The van der Waals surface area contributed by atoms with Crippen molar-refractivity contribution < 1.29 is 4.92 Å². The Morgan fingerprint density at radius 2 is 2.42 bits per heavy atom. The molecule has 6 heteroatoms. The molecule has 0 aromatic carbocycles. The summed E-state index contributed by atoms with van der Waals surface area (Å²) in [6, 6.07) is 3.18. The molecule has 6 nitrogen and oxygen atoms in total. The zero-order chi connectivity index (χ0) is 13.7. The molecule has 0 amide bonds. The molecule has 1 atom stereocenters. The van der Waals surface area contributed by atoms with Crippen LogP contribution >= 0.6 is 0 Å². The molecule has 0 bridgehead atoms. The predicted octanol–water partition coefficient (Wildman–Crippen LogP) is 2.10. The molecule has 1 aromatic heterocycles. The lowest BCUT2D eigenvalue weighted by atomic mass is 9.96. The van der Waals surface area contributed by atoms with E-state index in [1.165, 1.54) is 18.9 Å². The van der Waals surface area contributed by atoms with Gasteiger partial charge in [0.2, 0.25) is 0 Å². The quantitative estimate of drug-likeness (QED) is 0.629. The second-order valence-electron chi connectivity index (χ2n) is 4.99. The summed E-state index contributed by atoms with van der Waals surface area (Å²) in [4.78, 5) is 14.5. The van der Waals surface area contributed by atoms with Gasteiger partial charge in [-0.05, 0) is 51.3 Å². The van der Waals surface area contributed by atoms with E-state index in [1.807, 2.05) is 0 Å². The average molecular weight is 264 g/mol. The van der Waals surface area contributed by atoms with Crippen LogP contribution in [0.2, 0.25) is 0 Å². The summed E-state index contributed by atoms with van der Waals surface area (Å²) in [5.41, 5.74) is 0.524. The highest BCUT2D eigenvalue weighted by Gasteiger charge is 2.13. The fourth-order valence-electron chi connectivity index (χ4n) is 2.42. The van der Waals surface area contributed by atoms with E-state index in [9.17, 15) is 10.1 Å². The van der Waals surface area contributed by atoms with E-state index in [1.54, 1.807) is 13.0 Å². The number of nitrogens with one attached hydrogen (secondary N) is 2. The van der Waals surface area contributed by atoms with Crippen molar-refractivity contribution in [1.29, 1.82) is 0 Å². The summed E-state index contributed by atoms with van der Waals surface area (Å²) in [6.07, 6.45) is 3.63. The molecule has 2 N–H and O–H groups in total. The minimum atomic E-state index is -0.403. The van der Waals surface area contributed by atoms with Crippen LogP contribution in [-0.2, 0) is 0 Å². The number of aromatic nitrogens is 1. The van der Waals surface area contributed by atoms with Crippen LogP contribution in [0.1, 0.15) is 25.0 Å². The van der Waals surface area contributed by atoms with Crippen LogP contribution in [-0.4, -0.2) is 29.5 Å². The Balaban J connectivity index is 1.82. The zero-order valence-corrected chi connectivity index (χ0v) is 11.2. The molecule has 1 aromatic rings. The molecule has 0 radical (unpaired) electrons. The Labute approximate surface area is 112 Å². The van der Waals surface area contributed by atoms with Crippen molar-refractivity contribution >= 4 is 11.5 Å². The van der Waals surface area contributed by atoms with E-state index in [0.29, 0.717) is 11.5 Å². The molecule has 0 aliphatic carbocycles. The standard InChI is InChI=1S/C13H20N4O2/c1-10-12(17(18)19)4-5-13(16-10)15-8-6-11-3-2-7-14-9-11/h4-5,11,14H,2-3,6-9H2,1H3,(H,15,16). The molecule has 2 rings (SSSR count). The minimum absolute atomic E-state index is 0.0713. The first-order chi connectivity index (χ1) is 9.16. The Morgan fingerprint density at radius 3 is 3.05 bits per heavy atom. The normalized spacial score (nSPS) is 19.1. The largest absolute Gasteiger partial charge is 0.370 e. The van der Waals surface area contributed by atoms with Crippen molar-refractivity contribution in [3.05, 3.63) is 27.9 Å². The SMILES string of the molecule is Cc1nc(NCCC2CCCNC2)ccc1[N+](=O)[O-]. The van der Waals surface area contributed by atoms with Crippen molar-refractivity contribution in [3.8, 4) is 0 Å². The lowest BCUT2D eigenvalue weighted by molar-refractivity contribution is -0.385. The van der Waals surface area contributed by atoms with Crippen LogP contribution in [0.4, 0.5) is 11.5 Å². The van der Waals surface area contributed by atoms with E-state index in [0.717, 1.165) is 32.0 Å². The molecule has 1 fully saturated rings. The fourth-order valence-corrected chi connectivity index (χ4v) is 2.42. The van der Waals surface area contributed by atoms with Crippen LogP contribution in [0, 0.1) is 23.0 Å². The van der Waals surface area contributed by atoms with Gasteiger partial charge in [-0.15, -0.1) is 0 Å². The Morgan fingerprint density at radius 1 is 1.58 bits per heavy atom. The minimum Gasteiger partial charge on any atom is -0.370 e. The smallest absolute Gasteiger partial charge is 0.290 e. The zero-order valence-electron chi connectivity index (χ0n) is 11.2. The lowest BCUT2D eigenvalue weighted by Gasteiger charge is -2.22. The second kappa shape index (κ2) is 6.47. The summed E-state index contributed by atoms with van der Waals surface area (Å²) in [6.45, 7) is 4.74. The van der Waals surface area contributed by atoms with Gasteiger partial charge in [0.05, 0.1) is 4.92 Å². The summed E-state index contributed by atoms with van der Waals surface area (Å²) in [5, 5.41) is 17.3. The number of piperidine rings is 1. The van der Waals surface area contributed by atoms with Gasteiger partial charge in [0.15, 0.2) is 0 Å². The monoisotopic (exact) mass is 264 g/mol. The molecule has 19 heavy (non-hydrogen) atoms. The first kappa shape index (κ1) is 13.7. The van der Waals surface area contributed by atoms with Crippen molar-refractivity contribution in [3.63, 3.8) is 0 Å². The Hall–Kier alpha value is -1.69. The van der Waals surface area contributed by atoms with E-state index >= 15 is 0 Å². The van der Waals surface area contributed by atoms with Gasteiger partial charge in [-0.3, -0.25) is 10.1 Å². The first-order valence-corrected chi connectivity index (χ1v) is 6.73. The first-order valence-electron chi connectivity index (χ1n) is 6.73. The van der Waals surface area contributed by atoms with E-state index in [2.05, 4.69) is 15.6 Å². The van der Waals surface area contributed by atoms with Crippen LogP contribution in [0.5, 0.6) is 0 Å². The summed E-state index contributed by atoms with van der Waals surface area (Å²) < 4.78 is 0. The van der Waals surface area contributed by atoms with Gasteiger partial charge in [0.25, 0.3) is 5.69 Å². The van der Waals surface area contributed by atoms with Gasteiger partial charge in [-0.1, -0.05) is 0 Å². The number of anilines is 1. The van der Waals surface area contributed by atoms with Gasteiger partial charge < -0.3 is 10.6 Å². The molecule has 1 saturated heterocycles. The molecular weight excluding hydrogens is 244 g/mol. The van der Waals surface area contributed by atoms with Crippen molar-refractivity contribution in [2.75, 3.05) is 25.0 Å². The summed E-state index contributed by atoms with van der Waals surface area (Å²) in [7, 11) is 0. The predicted molar refractivity (Wildman–Crippen MR) is 74.3 cm³/mol. The maximum atomic E-state index is 10.7. The van der Waals surface area contributed by atoms with Crippen molar-refractivity contribution in [1.82, 2.24) is 10.3 Å². The number of hydrogen-bond donors (Lipinski definition) is 2. The molecule has 0 saturated carbocycles. The van der Waals surface area contributed by atoms with Crippen LogP contribution < -0.4 is 10.6 Å². The third-order valence-corrected chi connectivity index (χ3v) is 3.51. The molecular formula is C13H20N4O2. The maximum Gasteiger partial charge on any atom is 0.290 e. The molecule has 104 valence electrons. The van der Waals surface area contributed by atoms with Crippen molar-refractivity contribution in [2.24, 2.45) is 5.92 Å². The highest BCUT2D eigenvalue weighted by molar-refractivity contribution is 5.44. The second-order valence-corrected chi connectivity index (χ2v) is 4.99. The highest BCUT2D eigenvalue weighted by atomic mass is 16.6. The van der Waals surface area contributed by atoms with Crippen LogP contribution in [0.15, 0.2) is 12.1 Å². The van der Waals surface area contributed by atoms with E-state index < -0.39 is 4.92 Å². The molecule has 0 spiro atoms. The van der Waals surface area contributed by atoms with Crippen LogP contribution in [0.3, 0.4) is 0 Å². The molecule has 2 heterocycles. The van der Waals surface area contributed by atoms with E-state index in [4.69, 9.17) is 0 Å². The topological polar surface area (TPSA) is 80.1 Å². The van der Waals surface area contributed by atoms with Gasteiger partial charge in [-0.25, -0.2) is 4.98 Å². The molecule has 1 aliphatic rings. The number of nitrogens with zero attached hydrogens (tertiary/aromatic N) is 2. The number of aryl methyl sites for hydroxylation is 1. The molecule has 1 aliphatic heterocycles. The summed E-state index contributed by atoms with van der Waals surface area (Å²) >= 11 is 0. The number of nitro groups is 1. The third-order valence-electron chi connectivity index (χ3n) is 3.51. The third kappa shape index (κ3) is 3.89. The Bertz CT molecular complexity index is 444. The summed E-state index contributed by atoms with van der Waals surface area (Å²) in [5.74, 6) is 1.44. The average Bonchev–Trinajstić information content (AvgIpc) is 2.39. The van der Waals surface area contributed by atoms with Gasteiger partial charge in [-0.2, -0.15) is 0 Å². The van der Waals surface area contributed by atoms with Crippen molar-refractivity contribution in [2.45, 2.75) is 26.2 Å². The highest BCUT2D eigenvalue weighted by Crippen LogP contribution is 2.18. The lowest BCUT2D eigenvalue weighted by Crippen LogP contribution is -2.30. The van der Waals surface area contributed by atoms with Crippen LogP contribution in [0.25, 0.3) is 0 Å².